The smallest absolute Gasteiger partial charge is 0.338 e. The molecule has 0 saturated carbocycles. The van der Waals surface area contributed by atoms with Crippen molar-refractivity contribution in [2.45, 2.75) is 121 Å². The van der Waals surface area contributed by atoms with Gasteiger partial charge >= 0.3 is 11.9 Å². The summed E-state index contributed by atoms with van der Waals surface area (Å²) in [5, 5.41) is -0.157. The number of carbonyl (C=O) groups is 2. The van der Waals surface area contributed by atoms with Crippen molar-refractivity contribution in [2.24, 2.45) is 16.8 Å². The highest BCUT2D eigenvalue weighted by Gasteiger charge is 2.46. The minimum Gasteiger partial charge on any atom is -0.462 e. The number of aryl methyl sites for hydroxylation is 1. The van der Waals surface area contributed by atoms with Gasteiger partial charge in [0.15, 0.2) is 5.79 Å². The van der Waals surface area contributed by atoms with E-state index in [2.05, 4.69) is 64.7 Å². The molecule has 3 aromatic rings. The number of aliphatic imine (C=N–C) groups is 1. The quantitative estimate of drug-likeness (QED) is 0.0623. The van der Waals surface area contributed by atoms with Gasteiger partial charge in [0.2, 0.25) is 0 Å². The monoisotopic (exact) mass is 755 g/mol. The van der Waals surface area contributed by atoms with Crippen LogP contribution < -0.4 is 0 Å². The Bertz CT molecular complexity index is 1770. The molecule has 5 rings (SSSR count). The summed E-state index contributed by atoms with van der Waals surface area (Å²) in [5.41, 5.74) is 4.88. The number of ether oxygens (including phenoxy) is 4. The van der Waals surface area contributed by atoms with Gasteiger partial charge in [0.05, 0.1) is 29.5 Å². The summed E-state index contributed by atoms with van der Waals surface area (Å²) in [7, 11) is -1.41. The van der Waals surface area contributed by atoms with E-state index in [0.717, 1.165) is 39.7 Å². The first kappa shape index (κ1) is 40.7. The Kier molecular flexibility index (Phi) is 13.6. The van der Waals surface area contributed by atoms with Crippen LogP contribution in [0.25, 0.3) is 0 Å². The highest BCUT2D eigenvalue weighted by Crippen LogP contribution is 2.48. The van der Waals surface area contributed by atoms with Gasteiger partial charge in [-0.15, -0.1) is 11.8 Å². The first-order valence-corrected chi connectivity index (χ1v) is 23.6. The Balaban J connectivity index is 1.50. The first-order chi connectivity index (χ1) is 25.1. The fourth-order valence-corrected chi connectivity index (χ4v) is 8.61. The van der Waals surface area contributed by atoms with Gasteiger partial charge in [-0.25, -0.2) is 9.59 Å². The van der Waals surface area contributed by atoms with Crippen LogP contribution in [0.1, 0.15) is 90.1 Å². The SMILES string of the molecule is Cc1cc2c(c(C(CC[C@@H]3OC(C)(C)O[C@@H]3C(/C=C\[C@@H](C)C(C)C)OC(=O)c3ccccc3)Sc3ccccc3)c1C(=O)OCC[Si](C)(C)C)N=CC2. The number of esters is 2. The second-order valence-electron chi connectivity index (χ2n) is 16.3. The van der Waals surface area contributed by atoms with E-state index in [0.29, 0.717) is 36.5 Å². The molecule has 2 aliphatic heterocycles. The maximum Gasteiger partial charge on any atom is 0.338 e. The van der Waals surface area contributed by atoms with Gasteiger partial charge < -0.3 is 18.9 Å². The van der Waals surface area contributed by atoms with Crippen LogP contribution in [0.4, 0.5) is 5.69 Å². The van der Waals surface area contributed by atoms with Crippen LogP contribution in [0.15, 0.2) is 88.8 Å². The maximum atomic E-state index is 14.0. The molecule has 0 bridgehead atoms. The van der Waals surface area contributed by atoms with Crippen molar-refractivity contribution < 1.29 is 28.5 Å². The van der Waals surface area contributed by atoms with E-state index in [-0.39, 0.29) is 17.1 Å². The summed E-state index contributed by atoms with van der Waals surface area (Å²) in [6, 6.07) is 22.3. The summed E-state index contributed by atoms with van der Waals surface area (Å²) in [6.07, 6.45) is 6.34. The minimum atomic E-state index is -1.41. The van der Waals surface area contributed by atoms with Gasteiger partial charge in [0, 0.05) is 36.4 Å². The van der Waals surface area contributed by atoms with E-state index in [1.807, 2.05) is 69.5 Å². The fourth-order valence-electron chi connectivity index (χ4n) is 6.65. The molecule has 1 fully saturated rings. The van der Waals surface area contributed by atoms with Gasteiger partial charge in [-0.1, -0.05) is 89.0 Å². The molecule has 53 heavy (non-hydrogen) atoms. The van der Waals surface area contributed by atoms with Crippen LogP contribution in [0.5, 0.6) is 0 Å². The number of rotatable bonds is 16. The number of hydrogen-bond acceptors (Lipinski definition) is 8. The average molecular weight is 756 g/mol. The molecule has 0 amide bonds. The third-order valence-corrected chi connectivity index (χ3v) is 12.9. The lowest BCUT2D eigenvalue weighted by Gasteiger charge is -2.27. The Morgan fingerprint density at radius 3 is 2.32 bits per heavy atom. The predicted octanol–water partition coefficient (Wildman–Crippen LogP) is 11.0. The molecule has 2 aliphatic rings. The largest absolute Gasteiger partial charge is 0.462 e. The Morgan fingerprint density at radius 2 is 1.66 bits per heavy atom. The summed E-state index contributed by atoms with van der Waals surface area (Å²) in [4.78, 5) is 33.5. The third-order valence-electron chi connectivity index (χ3n) is 9.95. The number of nitrogens with zero attached hydrogens (tertiary/aromatic N) is 1. The minimum absolute atomic E-state index is 0.157. The van der Waals surface area contributed by atoms with E-state index < -0.39 is 38.1 Å². The van der Waals surface area contributed by atoms with Crippen LogP contribution in [0.3, 0.4) is 0 Å². The summed E-state index contributed by atoms with van der Waals surface area (Å²) in [6.45, 7) is 19.6. The van der Waals surface area contributed by atoms with Crippen LogP contribution in [-0.2, 0) is 25.4 Å². The van der Waals surface area contributed by atoms with Crippen molar-refractivity contribution in [2.75, 3.05) is 6.61 Å². The second-order valence-corrected chi connectivity index (χ2v) is 23.2. The first-order valence-electron chi connectivity index (χ1n) is 19.0. The molecule has 0 aliphatic carbocycles. The summed E-state index contributed by atoms with van der Waals surface area (Å²) >= 11 is 1.72. The van der Waals surface area contributed by atoms with Crippen LogP contribution in [-0.4, -0.2) is 56.9 Å². The zero-order valence-corrected chi connectivity index (χ0v) is 34.7. The van der Waals surface area contributed by atoms with Gasteiger partial charge in [0.25, 0.3) is 0 Å². The molecular formula is C44H57NO6SSi. The van der Waals surface area contributed by atoms with Crippen molar-refractivity contribution in [3.63, 3.8) is 0 Å². The summed E-state index contributed by atoms with van der Waals surface area (Å²) in [5.74, 6) is -0.924. The zero-order chi connectivity index (χ0) is 38.3. The van der Waals surface area contributed by atoms with E-state index in [9.17, 15) is 9.59 Å². The molecule has 9 heteroatoms. The van der Waals surface area contributed by atoms with Crippen molar-refractivity contribution in [3.8, 4) is 0 Å². The highest BCUT2D eigenvalue weighted by atomic mass is 32.2. The van der Waals surface area contributed by atoms with E-state index >= 15 is 0 Å². The van der Waals surface area contributed by atoms with Crippen LogP contribution in [0, 0.1) is 18.8 Å². The van der Waals surface area contributed by atoms with Gasteiger partial charge in [-0.3, -0.25) is 4.99 Å². The van der Waals surface area contributed by atoms with E-state index in [1.165, 1.54) is 0 Å². The van der Waals surface area contributed by atoms with Crippen molar-refractivity contribution in [1.82, 2.24) is 0 Å². The Hall–Kier alpha value is -3.50. The number of carbonyl (C=O) groups excluding carboxylic acids is 2. The molecule has 3 aromatic carbocycles. The molecule has 5 atom stereocenters. The van der Waals surface area contributed by atoms with Crippen LogP contribution in [0.2, 0.25) is 25.7 Å². The average Bonchev–Trinajstić information content (AvgIpc) is 3.70. The highest BCUT2D eigenvalue weighted by molar-refractivity contribution is 7.99. The molecular weight excluding hydrogens is 699 g/mol. The maximum absolute atomic E-state index is 14.0. The van der Waals surface area contributed by atoms with Crippen molar-refractivity contribution in [1.29, 1.82) is 0 Å². The van der Waals surface area contributed by atoms with Gasteiger partial charge in [-0.2, -0.15) is 0 Å². The molecule has 0 radical (unpaired) electrons. The van der Waals surface area contributed by atoms with E-state index in [4.69, 9.17) is 23.9 Å². The molecule has 284 valence electrons. The third kappa shape index (κ3) is 11.0. The van der Waals surface area contributed by atoms with E-state index in [1.54, 1.807) is 23.9 Å². The molecule has 0 aromatic heterocycles. The van der Waals surface area contributed by atoms with Crippen molar-refractivity contribution >= 4 is 43.7 Å². The Labute approximate surface area is 322 Å². The second kappa shape index (κ2) is 17.8. The standard InChI is InChI=1S/C44H57NO6SSi/c1-29(2)30(3)20-21-35(49-42(46)32-16-12-10-13-17-32)41-36(50-44(5,6)51-41)22-23-37(52-34-18-14-11-15-19-34)39-38(43(47)48-26-27-53(7,8)9)31(4)28-33-24-25-45-40(33)39/h10-21,25,28-30,35-37,41H,22-24,26-27H2,1-9H3/b21-20-/t30-,35?,36+,37?,41-/m1/s1. The van der Waals surface area contributed by atoms with Crippen molar-refractivity contribution in [3.05, 3.63) is 107 Å². The lowest BCUT2D eigenvalue weighted by Crippen LogP contribution is -2.38. The molecule has 2 unspecified atom stereocenters. The molecule has 2 heterocycles. The van der Waals surface area contributed by atoms with Crippen LogP contribution >= 0.6 is 11.8 Å². The zero-order valence-electron chi connectivity index (χ0n) is 32.9. The topological polar surface area (TPSA) is 83.4 Å². The predicted molar refractivity (Wildman–Crippen MR) is 218 cm³/mol. The summed E-state index contributed by atoms with van der Waals surface area (Å²) < 4.78 is 25.5. The fraction of sp³-hybridized carbons (Fsp3) is 0.477. The molecule has 0 spiro atoms. The number of thioether (sulfide) groups is 1. The molecule has 1 saturated heterocycles. The number of hydrogen-bond donors (Lipinski definition) is 0. The molecule has 7 nitrogen and oxygen atoms in total. The number of fused-ring (bicyclic) bond motifs is 1. The Morgan fingerprint density at radius 1 is 0.981 bits per heavy atom. The lowest BCUT2D eigenvalue weighted by atomic mass is 9.91. The van der Waals surface area contributed by atoms with Gasteiger partial charge in [-0.05, 0) is 93.0 Å². The number of benzene rings is 3. The number of allylic oxidation sites excluding steroid dienone is 1. The van der Waals surface area contributed by atoms with Gasteiger partial charge in [0.1, 0.15) is 12.2 Å². The normalized spacial score (nSPS) is 19.7. The lowest BCUT2D eigenvalue weighted by molar-refractivity contribution is -0.153. The molecule has 0 N–H and O–H groups in total.